The summed E-state index contributed by atoms with van der Waals surface area (Å²) in [5.74, 6) is 1.02. The minimum absolute atomic E-state index is 0. The largest absolute Gasteiger partial charge is 0.357 e. The number of hydrogen-bond acceptors (Lipinski definition) is 3. The molecule has 1 fully saturated rings. The first-order valence-corrected chi connectivity index (χ1v) is 9.19. The van der Waals surface area contributed by atoms with E-state index >= 15 is 0 Å². The highest BCUT2D eigenvalue weighted by Gasteiger charge is 2.20. The van der Waals surface area contributed by atoms with E-state index in [1.165, 1.54) is 19.6 Å². The summed E-state index contributed by atoms with van der Waals surface area (Å²) in [5.41, 5.74) is 0. The Morgan fingerprint density at radius 1 is 1.29 bits per heavy atom. The molecule has 1 rings (SSSR count). The molecule has 0 spiro atoms. The van der Waals surface area contributed by atoms with Gasteiger partial charge in [0.2, 0.25) is 0 Å². The second-order valence-corrected chi connectivity index (χ2v) is 6.37. The van der Waals surface area contributed by atoms with Gasteiger partial charge in [-0.25, -0.2) is 0 Å². The summed E-state index contributed by atoms with van der Waals surface area (Å²) >= 11 is 0. The van der Waals surface area contributed by atoms with E-state index in [-0.39, 0.29) is 24.0 Å². The van der Waals surface area contributed by atoms with Crippen molar-refractivity contribution in [3.8, 4) is 0 Å². The first-order chi connectivity index (χ1) is 11.1. The second-order valence-electron chi connectivity index (χ2n) is 6.37. The van der Waals surface area contributed by atoms with Crippen molar-refractivity contribution >= 4 is 29.9 Å². The van der Waals surface area contributed by atoms with Crippen LogP contribution in [0.3, 0.4) is 0 Å². The van der Waals surface area contributed by atoms with E-state index in [4.69, 9.17) is 4.99 Å². The van der Waals surface area contributed by atoms with Crippen LogP contribution in [0.5, 0.6) is 0 Å². The maximum Gasteiger partial charge on any atom is 0.193 e. The number of likely N-dealkylation sites (N-methyl/N-ethyl adjacent to an activating group) is 1. The Kier molecular flexibility index (Phi) is 13.7. The van der Waals surface area contributed by atoms with Gasteiger partial charge >= 0.3 is 0 Å². The third-order valence-electron chi connectivity index (χ3n) is 4.58. The van der Waals surface area contributed by atoms with Crippen LogP contribution in [0, 0.1) is 0 Å². The number of piperazine rings is 1. The third kappa shape index (κ3) is 8.67. The molecule has 142 valence electrons. The van der Waals surface area contributed by atoms with Crippen LogP contribution in [-0.4, -0.2) is 86.1 Å². The quantitative estimate of drug-likeness (QED) is 0.192. The Labute approximate surface area is 166 Å². The van der Waals surface area contributed by atoms with E-state index < -0.39 is 0 Å². The van der Waals surface area contributed by atoms with Crippen molar-refractivity contribution in [2.75, 3.05) is 59.4 Å². The maximum atomic E-state index is 4.86. The lowest BCUT2D eigenvalue weighted by molar-refractivity contribution is 0.109. The average molecular weight is 451 g/mol. The van der Waals surface area contributed by atoms with Crippen LogP contribution in [0.1, 0.15) is 33.6 Å². The molecule has 6 heteroatoms. The zero-order valence-corrected chi connectivity index (χ0v) is 18.5. The predicted octanol–water partition coefficient (Wildman–Crippen LogP) is 2.49. The molecular formula is C18H38IN5. The third-order valence-corrected chi connectivity index (χ3v) is 4.58. The highest BCUT2D eigenvalue weighted by Crippen LogP contribution is 2.06. The smallest absolute Gasteiger partial charge is 0.193 e. The number of rotatable bonds is 9. The molecule has 24 heavy (non-hydrogen) atoms. The molecule has 1 atom stereocenters. The number of hydrogen-bond donors (Lipinski definition) is 1. The molecule has 5 nitrogen and oxygen atoms in total. The predicted molar refractivity (Wildman–Crippen MR) is 117 cm³/mol. The lowest BCUT2D eigenvalue weighted by atomic mass is 10.2. The average Bonchev–Trinajstić information content (AvgIpc) is 2.58. The van der Waals surface area contributed by atoms with Gasteiger partial charge in [-0.2, -0.15) is 0 Å². The Bertz CT molecular complexity index is 353. The number of halogens is 1. The zero-order valence-electron chi connectivity index (χ0n) is 16.1. The number of guanidine groups is 1. The van der Waals surface area contributed by atoms with Crippen LogP contribution in [-0.2, 0) is 0 Å². The van der Waals surface area contributed by atoms with Gasteiger partial charge in [0.25, 0.3) is 0 Å². The lowest BCUT2D eigenvalue weighted by Crippen LogP contribution is -2.50. The topological polar surface area (TPSA) is 34.1 Å². The van der Waals surface area contributed by atoms with Gasteiger partial charge in [-0.3, -0.25) is 9.89 Å². The van der Waals surface area contributed by atoms with Crippen LogP contribution in [0.25, 0.3) is 0 Å². The number of unbranched alkanes of at least 4 members (excludes halogenated alkanes) is 1. The molecule has 1 unspecified atom stereocenters. The summed E-state index contributed by atoms with van der Waals surface area (Å²) in [7, 11) is 2.12. The van der Waals surface area contributed by atoms with Crippen molar-refractivity contribution in [3.05, 3.63) is 12.7 Å². The molecule has 1 N–H and O–H groups in total. The normalized spacial score (nSPS) is 17.9. The maximum absolute atomic E-state index is 4.86. The zero-order chi connectivity index (χ0) is 17.1. The van der Waals surface area contributed by atoms with Crippen molar-refractivity contribution in [2.24, 2.45) is 4.99 Å². The van der Waals surface area contributed by atoms with Gasteiger partial charge in [0.1, 0.15) is 0 Å². The molecule has 0 aromatic rings. The summed E-state index contributed by atoms with van der Waals surface area (Å²) < 4.78 is 0. The Morgan fingerprint density at radius 2 is 1.96 bits per heavy atom. The molecule has 0 amide bonds. The molecule has 1 heterocycles. The molecule has 0 bridgehead atoms. The van der Waals surface area contributed by atoms with Gasteiger partial charge in [0.15, 0.2) is 5.96 Å². The van der Waals surface area contributed by atoms with Crippen molar-refractivity contribution in [1.82, 2.24) is 20.0 Å². The first-order valence-electron chi connectivity index (χ1n) is 9.19. The van der Waals surface area contributed by atoms with E-state index in [1.54, 1.807) is 0 Å². The van der Waals surface area contributed by atoms with Crippen LogP contribution in [0.4, 0.5) is 0 Å². The summed E-state index contributed by atoms with van der Waals surface area (Å²) in [6.07, 6.45) is 4.16. The molecule has 0 aromatic heterocycles. The fraction of sp³-hybridized carbons (Fsp3) is 0.833. The second kappa shape index (κ2) is 13.9. The van der Waals surface area contributed by atoms with Crippen LogP contribution >= 0.6 is 24.0 Å². The molecule has 1 aliphatic rings. The summed E-state index contributed by atoms with van der Waals surface area (Å²) in [4.78, 5) is 12.2. The van der Waals surface area contributed by atoms with Crippen LogP contribution < -0.4 is 5.32 Å². The lowest BCUT2D eigenvalue weighted by Gasteiger charge is -2.37. The number of nitrogens with zero attached hydrogens (tertiary/aromatic N) is 4. The minimum atomic E-state index is 0. The molecule has 1 aliphatic heterocycles. The first kappa shape index (κ1) is 23.7. The van der Waals surface area contributed by atoms with Crippen LogP contribution in [0.2, 0.25) is 0 Å². The van der Waals surface area contributed by atoms with Gasteiger partial charge in [-0.05, 0) is 33.2 Å². The van der Waals surface area contributed by atoms with Gasteiger partial charge < -0.3 is 15.1 Å². The Balaban J connectivity index is 0.00000529. The highest BCUT2D eigenvalue weighted by molar-refractivity contribution is 14.0. The molecule has 0 aliphatic carbocycles. The molecule has 0 radical (unpaired) electrons. The van der Waals surface area contributed by atoms with E-state index in [1.807, 2.05) is 6.08 Å². The standard InChI is InChI=1S/C18H37N5.HI/c1-6-9-10-11-21(5)18(19-7-2)20-16-17(4)23-14-12-22(8-3)13-15-23;/h6,17H,1,7-16H2,2-5H3,(H,19,20);1H. The molecular weight excluding hydrogens is 413 g/mol. The molecule has 1 saturated heterocycles. The summed E-state index contributed by atoms with van der Waals surface area (Å²) in [6, 6.07) is 0.504. The van der Waals surface area contributed by atoms with Crippen LogP contribution in [0.15, 0.2) is 17.6 Å². The fourth-order valence-corrected chi connectivity index (χ4v) is 2.90. The van der Waals surface area contributed by atoms with E-state index in [9.17, 15) is 0 Å². The SMILES string of the molecule is C=CCCCN(C)C(=NCC(C)N1CCN(CC)CC1)NCC.I. The fourth-order valence-electron chi connectivity index (χ4n) is 2.90. The number of allylic oxidation sites excluding steroid dienone is 1. The molecule has 0 saturated carbocycles. The van der Waals surface area contributed by atoms with Gasteiger partial charge in [0, 0.05) is 52.4 Å². The number of nitrogens with one attached hydrogen (secondary N) is 1. The summed E-state index contributed by atoms with van der Waals surface area (Å²) in [6.45, 7) is 19.1. The minimum Gasteiger partial charge on any atom is -0.357 e. The van der Waals surface area contributed by atoms with E-state index in [0.29, 0.717) is 6.04 Å². The van der Waals surface area contributed by atoms with Gasteiger partial charge in [0.05, 0.1) is 6.54 Å². The highest BCUT2D eigenvalue weighted by atomic mass is 127. The summed E-state index contributed by atoms with van der Waals surface area (Å²) in [5, 5.41) is 3.41. The van der Waals surface area contributed by atoms with Gasteiger partial charge in [-0.1, -0.05) is 13.0 Å². The Hall–Kier alpha value is -0.340. The van der Waals surface area contributed by atoms with Gasteiger partial charge in [-0.15, -0.1) is 30.6 Å². The van der Waals surface area contributed by atoms with E-state index in [0.717, 1.165) is 51.5 Å². The van der Waals surface area contributed by atoms with Crippen molar-refractivity contribution < 1.29 is 0 Å². The molecule has 0 aromatic carbocycles. The monoisotopic (exact) mass is 451 g/mol. The number of aliphatic imine (C=N–C) groups is 1. The van der Waals surface area contributed by atoms with E-state index in [2.05, 4.69) is 54.4 Å². The Morgan fingerprint density at radius 3 is 2.50 bits per heavy atom. The van der Waals surface area contributed by atoms with Crippen molar-refractivity contribution in [2.45, 2.75) is 39.7 Å². The van der Waals surface area contributed by atoms with Crippen molar-refractivity contribution in [1.29, 1.82) is 0 Å². The van der Waals surface area contributed by atoms with Crippen molar-refractivity contribution in [3.63, 3.8) is 0 Å².